The highest BCUT2D eigenvalue weighted by atomic mass is 35.5. The third kappa shape index (κ3) is 3.73. The standard InChI is InChI=1S/C25H21Cl2N3O3/c1-14-10-17-20(11-15(14)2)33-24-21(23(17)31)22(16-4-5-18(26)19(27)12-16)30(25(24)32)8-3-7-29-9-6-28-13-29/h4-6,9-13,22H,3,7-8H2,1-2H3/t22-/m0/s1. The zero-order valence-electron chi connectivity index (χ0n) is 18.1. The second-order valence-electron chi connectivity index (χ2n) is 8.34. The maximum absolute atomic E-state index is 13.7. The van der Waals surface area contributed by atoms with Gasteiger partial charge in [0, 0.05) is 25.5 Å². The topological polar surface area (TPSA) is 68.3 Å². The van der Waals surface area contributed by atoms with E-state index in [2.05, 4.69) is 4.98 Å². The predicted molar refractivity (Wildman–Crippen MR) is 128 cm³/mol. The largest absolute Gasteiger partial charge is 0.450 e. The Morgan fingerprint density at radius 1 is 1.03 bits per heavy atom. The summed E-state index contributed by atoms with van der Waals surface area (Å²) in [5.74, 6) is -0.210. The summed E-state index contributed by atoms with van der Waals surface area (Å²) in [6.07, 6.45) is 6.01. The van der Waals surface area contributed by atoms with Crippen molar-refractivity contribution in [2.75, 3.05) is 6.54 Å². The van der Waals surface area contributed by atoms with Crippen LogP contribution in [0.5, 0.6) is 0 Å². The fraction of sp³-hybridized carbons (Fsp3) is 0.240. The van der Waals surface area contributed by atoms with E-state index in [4.69, 9.17) is 27.6 Å². The van der Waals surface area contributed by atoms with E-state index >= 15 is 0 Å². The maximum Gasteiger partial charge on any atom is 0.290 e. The number of aromatic nitrogens is 2. The molecule has 5 rings (SSSR count). The van der Waals surface area contributed by atoms with Crippen molar-refractivity contribution in [2.45, 2.75) is 32.9 Å². The molecule has 1 aliphatic rings. The monoisotopic (exact) mass is 481 g/mol. The van der Waals surface area contributed by atoms with Crippen molar-refractivity contribution in [3.63, 3.8) is 0 Å². The minimum absolute atomic E-state index is 0.0921. The molecule has 1 aliphatic heterocycles. The van der Waals surface area contributed by atoms with E-state index in [1.807, 2.05) is 36.7 Å². The van der Waals surface area contributed by atoms with Gasteiger partial charge in [0.1, 0.15) is 5.58 Å². The molecule has 2 aromatic carbocycles. The van der Waals surface area contributed by atoms with Gasteiger partial charge in [-0.2, -0.15) is 0 Å². The van der Waals surface area contributed by atoms with E-state index in [-0.39, 0.29) is 17.1 Å². The first-order valence-electron chi connectivity index (χ1n) is 10.6. The molecule has 8 heteroatoms. The first-order valence-corrected chi connectivity index (χ1v) is 11.4. The van der Waals surface area contributed by atoms with Crippen LogP contribution in [-0.4, -0.2) is 26.9 Å². The number of halogens is 2. The summed E-state index contributed by atoms with van der Waals surface area (Å²) < 4.78 is 8.01. The van der Waals surface area contributed by atoms with Gasteiger partial charge >= 0.3 is 0 Å². The molecular formula is C25H21Cl2N3O3. The van der Waals surface area contributed by atoms with E-state index in [0.29, 0.717) is 46.1 Å². The Labute approximate surface area is 200 Å². The summed E-state index contributed by atoms with van der Waals surface area (Å²) in [7, 11) is 0. The fourth-order valence-electron chi connectivity index (χ4n) is 4.38. The summed E-state index contributed by atoms with van der Waals surface area (Å²) >= 11 is 12.4. The lowest BCUT2D eigenvalue weighted by Gasteiger charge is -2.25. The Morgan fingerprint density at radius 2 is 1.82 bits per heavy atom. The Balaban J connectivity index is 1.64. The molecule has 2 aromatic heterocycles. The van der Waals surface area contributed by atoms with Crippen LogP contribution in [0.15, 0.2) is 58.3 Å². The van der Waals surface area contributed by atoms with Crippen molar-refractivity contribution in [2.24, 2.45) is 0 Å². The second kappa shape index (κ2) is 8.36. The summed E-state index contributed by atoms with van der Waals surface area (Å²) in [6, 6.07) is 8.23. The zero-order chi connectivity index (χ0) is 23.3. The van der Waals surface area contributed by atoms with E-state index < -0.39 is 6.04 Å². The molecule has 168 valence electrons. The van der Waals surface area contributed by atoms with Gasteiger partial charge in [0.2, 0.25) is 5.76 Å². The number of hydrogen-bond donors (Lipinski definition) is 0. The highest BCUT2D eigenvalue weighted by molar-refractivity contribution is 6.42. The number of hydrogen-bond acceptors (Lipinski definition) is 4. The number of nitrogens with zero attached hydrogens (tertiary/aromatic N) is 3. The highest BCUT2D eigenvalue weighted by Crippen LogP contribution is 2.40. The average Bonchev–Trinajstić information content (AvgIpc) is 3.39. The molecule has 0 bridgehead atoms. The second-order valence-corrected chi connectivity index (χ2v) is 9.15. The smallest absolute Gasteiger partial charge is 0.290 e. The third-order valence-corrected chi connectivity index (χ3v) is 6.95. The van der Waals surface area contributed by atoms with Crippen LogP contribution in [-0.2, 0) is 6.54 Å². The van der Waals surface area contributed by atoms with E-state index in [9.17, 15) is 9.59 Å². The van der Waals surface area contributed by atoms with Gasteiger partial charge in [0.25, 0.3) is 5.91 Å². The van der Waals surface area contributed by atoms with Crippen LogP contribution in [0, 0.1) is 13.8 Å². The van der Waals surface area contributed by atoms with Crippen molar-refractivity contribution >= 4 is 40.1 Å². The predicted octanol–water partition coefficient (Wildman–Crippen LogP) is 5.55. The molecule has 33 heavy (non-hydrogen) atoms. The Morgan fingerprint density at radius 3 is 2.55 bits per heavy atom. The van der Waals surface area contributed by atoms with Crippen LogP contribution >= 0.6 is 23.2 Å². The number of imidazole rings is 1. The van der Waals surface area contributed by atoms with E-state index in [1.165, 1.54) is 0 Å². The lowest BCUT2D eigenvalue weighted by molar-refractivity contribution is 0.0723. The maximum atomic E-state index is 13.7. The summed E-state index contributed by atoms with van der Waals surface area (Å²) in [5.41, 5.74) is 3.27. The lowest BCUT2D eigenvalue weighted by Crippen LogP contribution is -2.31. The van der Waals surface area contributed by atoms with Gasteiger partial charge in [0.05, 0.1) is 33.4 Å². The zero-order valence-corrected chi connectivity index (χ0v) is 19.7. The van der Waals surface area contributed by atoms with Crippen molar-refractivity contribution in [1.29, 1.82) is 0 Å². The van der Waals surface area contributed by atoms with Crippen LogP contribution in [0.4, 0.5) is 0 Å². The first-order chi connectivity index (χ1) is 15.8. The summed E-state index contributed by atoms with van der Waals surface area (Å²) in [5, 5.41) is 1.24. The lowest BCUT2D eigenvalue weighted by atomic mass is 9.97. The van der Waals surface area contributed by atoms with Crippen molar-refractivity contribution in [3.8, 4) is 0 Å². The van der Waals surface area contributed by atoms with Crippen molar-refractivity contribution in [1.82, 2.24) is 14.5 Å². The van der Waals surface area contributed by atoms with E-state index in [1.54, 1.807) is 35.6 Å². The van der Waals surface area contributed by atoms with Crippen LogP contribution < -0.4 is 5.43 Å². The molecule has 0 radical (unpaired) electrons. The Kier molecular flexibility index (Phi) is 5.51. The quantitative estimate of drug-likeness (QED) is 0.374. The molecule has 6 nitrogen and oxygen atoms in total. The van der Waals surface area contributed by atoms with Gasteiger partial charge in [0.15, 0.2) is 5.43 Å². The van der Waals surface area contributed by atoms with Gasteiger partial charge < -0.3 is 13.9 Å². The molecule has 0 unspecified atom stereocenters. The number of carbonyl (C=O) groups excluding carboxylic acids is 1. The van der Waals surface area contributed by atoms with Gasteiger partial charge in [-0.3, -0.25) is 9.59 Å². The number of aryl methyl sites for hydroxylation is 3. The SMILES string of the molecule is Cc1cc2oc3c(c(=O)c2cc1C)[C@H](c1ccc(Cl)c(Cl)c1)N(CCCn1ccnc1)C3=O. The Hall–Kier alpha value is -3.09. The number of rotatable bonds is 5. The molecule has 0 N–H and O–H groups in total. The van der Waals surface area contributed by atoms with E-state index in [0.717, 1.165) is 16.7 Å². The van der Waals surface area contributed by atoms with Gasteiger partial charge in [-0.05, 0) is 61.2 Å². The molecular weight excluding hydrogens is 461 g/mol. The molecule has 3 heterocycles. The van der Waals surface area contributed by atoms with Crippen molar-refractivity contribution in [3.05, 3.63) is 97.3 Å². The molecule has 4 aromatic rings. The Bertz CT molecular complexity index is 1440. The normalized spacial score (nSPS) is 15.5. The van der Waals surface area contributed by atoms with Gasteiger partial charge in [-0.1, -0.05) is 29.3 Å². The number of amides is 1. The van der Waals surface area contributed by atoms with Gasteiger partial charge in [-0.15, -0.1) is 0 Å². The van der Waals surface area contributed by atoms with Crippen LogP contribution in [0.2, 0.25) is 10.0 Å². The van der Waals surface area contributed by atoms with Crippen LogP contribution in [0.3, 0.4) is 0 Å². The molecule has 0 saturated heterocycles. The molecule has 0 fully saturated rings. The third-order valence-electron chi connectivity index (χ3n) is 6.22. The molecule has 0 aliphatic carbocycles. The average molecular weight is 482 g/mol. The minimum Gasteiger partial charge on any atom is -0.450 e. The number of fused-ring (bicyclic) bond motifs is 2. The first kappa shape index (κ1) is 21.7. The number of benzene rings is 2. The van der Waals surface area contributed by atoms with Crippen LogP contribution in [0.1, 0.15) is 45.3 Å². The molecule has 0 saturated carbocycles. The van der Waals surface area contributed by atoms with Crippen LogP contribution in [0.25, 0.3) is 11.0 Å². The summed E-state index contributed by atoms with van der Waals surface area (Å²) in [4.78, 5) is 32.9. The molecule has 0 spiro atoms. The minimum atomic E-state index is -0.604. The number of carbonyl (C=O) groups is 1. The molecule has 1 amide bonds. The van der Waals surface area contributed by atoms with Gasteiger partial charge in [-0.25, -0.2) is 4.98 Å². The molecule has 1 atom stereocenters. The highest BCUT2D eigenvalue weighted by Gasteiger charge is 2.42. The summed E-state index contributed by atoms with van der Waals surface area (Å²) in [6.45, 7) is 5.02. The fourth-order valence-corrected chi connectivity index (χ4v) is 4.68. The van der Waals surface area contributed by atoms with Crippen molar-refractivity contribution < 1.29 is 9.21 Å².